The molecule has 7 aromatic carbocycles. The van der Waals surface area contributed by atoms with Crippen LogP contribution in [0.4, 0.5) is 17.3 Å². The van der Waals surface area contributed by atoms with Gasteiger partial charge in [-0.15, -0.1) is 0 Å². The minimum absolute atomic E-state index is 0.877. The van der Waals surface area contributed by atoms with Crippen molar-refractivity contribution < 1.29 is 0 Å². The van der Waals surface area contributed by atoms with Gasteiger partial charge in [0.1, 0.15) is 0 Å². The number of rotatable bonds is 2. The van der Waals surface area contributed by atoms with Crippen LogP contribution in [0.15, 0.2) is 158 Å². The van der Waals surface area contributed by atoms with Crippen molar-refractivity contribution in [1.82, 2.24) is 14.1 Å². The second kappa shape index (κ2) is 9.18. The van der Waals surface area contributed by atoms with Crippen molar-refractivity contribution in [1.29, 1.82) is 0 Å². The van der Waals surface area contributed by atoms with Crippen LogP contribution in [0.2, 0.25) is 0 Å². The summed E-state index contributed by atoms with van der Waals surface area (Å²) in [5, 5.41) is 4.97. The van der Waals surface area contributed by atoms with Gasteiger partial charge in [-0.2, -0.15) is 0 Å². The normalized spacial score (nSPS) is 12.4. The maximum atomic E-state index is 5.29. The first-order chi connectivity index (χ1) is 22.3. The summed E-state index contributed by atoms with van der Waals surface area (Å²) in [4.78, 5) is 7.62. The van der Waals surface area contributed by atoms with Crippen molar-refractivity contribution in [2.45, 2.75) is 0 Å². The Bertz CT molecular complexity index is 2550. The number of benzene rings is 7. The molecule has 0 spiro atoms. The maximum Gasteiger partial charge on any atom is 0.220 e. The molecule has 45 heavy (non-hydrogen) atoms. The van der Waals surface area contributed by atoms with E-state index in [2.05, 4.69) is 172 Å². The van der Waals surface area contributed by atoms with E-state index in [4.69, 9.17) is 4.98 Å². The minimum atomic E-state index is 0.877. The Morgan fingerprint density at radius 2 is 1.00 bits per heavy atom. The van der Waals surface area contributed by atoms with Gasteiger partial charge in [0, 0.05) is 33.3 Å². The Kier molecular flexibility index (Phi) is 4.96. The quantitative estimate of drug-likeness (QED) is 0.205. The van der Waals surface area contributed by atoms with E-state index >= 15 is 0 Å². The first-order valence-corrected chi connectivity index (χ1v) is 15.3. The lowest BCUT2D eigenvalue weighted by Gasteiger charge is -2.25. The van der Waals surface area contributed by atoms with E-state index in [0.717, 1.165) is 39.7 Å². The molecule has 0 aliphatic carbocycles. The third-order valence-electron chi connectivity index (χ3n) is 9.25. The predicted octanol–water partition coefficient (Wildman–Crippen LogP) is 10.7. The van der Waals surface area contributed by atoms with Crippen molar-refractivity contribution >= 4 is 60.9 Å². The first-order valence-electron chi connectivity index (χ1n) is 15.3. The molecule has 0 bridgehead atoms. The number of anilines is 3. The zero-order chi connectivity index (χ0) is 29.5. The van der Waals surface area contributed by atoms with Crippen molar-refractivity contribution in [2.24, 2.45) is 0 Å². The summed E-state index contributed by atoms with van der Waals surface area (Å²) in [5.41, 5.74) is 11.3. The SMILES string of the molecule is c1ccc2c(c1)-c1c(ccc3ccccc13)N(c1ccc(-n3c4ccccc4c4ccccc43)cc1)c1nc3ccccc3n1-2. The van der Waals surface area contributed by atoms with Gasteiger partial charge in [-0.3, -0.25) is 9.47 Å². The van der Waals surface area contributed by atoms with Crippen LogP contribution in [0.1, 0.15) is 0 Å². The number of fused-ring (bicyclic) bond motifs is 12. The molecule has 0 N–H and O–H groups in total. The third kappa shape index (κ3) is 3.39. The predicted molar refractivity (Wildman–Crippen MR) is 187 cm³/mol. The highest BCUT2D eigenvalue weighted by atomic mass is 15.3. The molecule has 1 aliphatic rings. The maximum absolute atomic E-state index is 5.29. The smallest absolute Gasteiger partial charge is 0.220 e. The van der Waals surface area contributed by atoms with Crippen LogP contribution in [0, 0.1) is 0 Å². The molecular formula is C41H26N4. The van der Waals surface area contributed by atoms with Crippen LogP contribution in [0.5, 0.6) is 0 Å². The van der Waals surface area contributed by atoms with E-state index < -0.39 is 0 Å². The molecule has 0 saturated carbocycles. The Labute approximate surface area is 259 Å². The van der Waals surface area contributed by atoms with Crippen LogP contribution in [0.25, 0.3) is 66.1 Å². The van der Waals surface area contributed by atoms with Crippen LogP contribution in [-0.2, 0) is 0 Å². The first kappa shape index (κ1) is 24.3. The molecule has 4 heteroatoms. The van der Waals surface area contributed by atoms with Crippen LogP contribution >= 0.6 is 0 Å². The van der Waals surface area contributed by atoms with Gasteiger partial charge in [0.05, 0.1) is 33.4 Å². The van der Waals surface area contributed by atoms with Crippen LogP contribution in [0.3, 0.4) is 0 Å². The highest BCUT2D eigenvalue weighted by Gasteiger charge is 2.30. The highest BCUT2D eigenvalue weighted by Crippen LogP contribution is 2.50. The van der Waals surface area contributed by atoms with E-state index in [1.165, 1.54) is 43.7 Å². The van der Waals surface area contributed by atoms with Gasteiger partial charge in [-0.05, 0) is 71.4 Å². The van der Waals surface area contributed by atoms with Crippen molar-refractivity contribution in [2.75, 3.05) is 4.90 Å². The molecule has 0 unspecified atom stereocenters. The van der Waals surface area contributed by atoms with E-state index in [-0.39, 0.29) is 0 Å². The molecule has 0 radical (unpaired) electrons. The zero-order valence-corrected chi connectivity index (χ0v) is 24.3. The standard InChI is InChI=1S/C41H26N4/c1-2-12-30-27(11-1)21-26-39-40(30)33-15-5-9-19-37(33)45-38-20-10-6-16-34(38)42-41(45)44(39)29-24-22-28(23-25-29)43-35-17-7-3-13-31(35)32-14-4-8-18-36(32)43/h1-26H. The fourth-order valence-electron chi connectivity index (χ4n) is 7.32. The van der Waals surface area contributed by atoms with Crippen molar-refractivity contribution in [3.05, 3.63) is 158 Å². The topological polar surface area (TPSA) is 26.0 Å². The second-order valence-electron chi connectivity index (χ2n) is 11.7. The lowest BCUT2D eigenvalue weighted by atomic mass is 9.94. The Balaban J connectivity index is 1.26. The largest absolute Gasteiger partial charge is 0.309 e. The van der Waals surface area contributed by atoms with Gasteiger partial charge in [-0.1, -0.05) is 97.1 Å². The lowest BCUT2D eigenvalue weighted by molar-refractivity contribution is 1.05. The van der Waals surface area contributed by atoms with Crippen molar-refractivity contribution in [3.8, 4) is 22.5 Å². The Morgan fingerprint density at radius 3 is 1.78 bits per heavy atom. The highest BCUT2D eigenvalue weighted by molar-refractivity contribution is 6.10. The molecular weight excluding hydrogens is 548 g/mol. The Morgan fingerprint density at radius 1 is 0.400 bits per heavy atom. The number of hydrogen-bond acceptors (Lipinski definition) is 2. The molecule has 10 rings (SSSR count). The number of nitrogens with zero attached hydrogens (tertiary/aromatic N) is 4. The molecule has 2 aromatic heterocycles. The van der Waals surface area contributed by atoms with Gasteiger partial charge in [0.15, 0.2) is 0 Å². The second-order valence-corrected chi connectivity index (χ2v) is 11.7. The zero-order valence-electron chi connectivity index (χ0n) is 24.3. The molecule has 210 valence electrons. The summed E-state index contributed by atoms with van der Waals surface area (Å²) in [7, 11) is 0. The molecule has 1 aliphatic heterocycles. The summed E-state index contributed by atoms with van der Waals surface area (Å²) >= 11 is 0. The van der Waals surface area contributed by atoms with Gasteiger partial charge < -0.3 is 4.57 Å². The van der Waals surface area contributed by atoms with E-state index in [1.54, 1.807) is 0 Å². The van der Waals surface area contributed by atoms with Gasteiger partial charge >= 0.3 is 0 Å². The third-order valence-corrected chi connectivity index (χ3v) is 9.25. The van der Waals surface area contributed by atoms with E-state index in [9.17, 15) is 0 Å². The lowest BCUT2D eigenvalue weighted by Crippen LogP contribution is -2.14. The molecule has 3 heterocycles. The monoisotopic (exact) mass is 574 g/mol. The summed E-state index contributed by atoms with van der Waals surface area (Å²) in [6, 6.07) is 56.6. The molecule has 0 atom stereocenters. The number of hydrogen-bond donors (Lipinski definition) is 0. The Hall–Kier alpha value is -6.13. The fraction of sp³-hybridized carbons (Fsp3) is 0. The summed E-state index contributed by atoms with van der Waals surface area (Å²) in [5.74, 6) is 0.877. The van der Waals surface area contributed by atoms with Crippen LogP contribution < -0.4 is 4.90 Å². The van der Waals surface area contributed by atoms with E-state index in [0.29, 0.717) is 0 Å². The van der Waals surface area contributed by atoms with Gasteiger partial charge in [0.2, 0.25) is 5.95 Å². The number of imidazole rings is 1. The van der Waals surface area contributed by atoms with Gasteiger partial charge in [0.25, 0.3) is 0 Å². The molecule has 4 nitrogen and oxygen atoms in total. The average Bonchev–Trinajstić information content (AvgIpc) is 3.61. The molecule has 0 saturated heterocycles. The average molecular weight is 575 g/mol. The van der Waals surface area contributed by atoms with E-state index in [1.807, 2.05) is 0 Å². The van der Waals surface area contributed by atoms with Crippen LogP contribution in [-0.4, -0.2) is 14.1 Å². The molecule has 9 aromatic rings. The molecule has 0 amide bonds. The number of para-hydroxylation sites is 5. The fourth-order valence-corrected chi connectivity index (χ4v) is 7.32. The van der Waals surface area contributed by atoms with Crippen molar-refractivity contribution in [3.63, 3.8) is 0 Å². The summed E-state index contributed by atoms with van der Waals surface area (Å²) < 4.78 is 4.68. The number of aromatic nitrogens is 3. The van der Waals surface area contributed by atoms with Gasteiger partial charge in [-0.25, -0.2) is 4.98 Å². The summed E-state index contributed by atoms with van der Waals surface area (Å²) in [6.45, 7) is 0. The minimum Gasteiger partial charge on any atom is -0.309 e. The molecule has 0 fully saturated rings. The summed E-state index contributed by atoms with van der Waals surface area (Å²) in [6.07, 6.45) is 0.